The van der Waals surface area contributed by atoms with Gasteiger partial charge in [-0.05, 0) is 32.1 Å². The topological polar surface area (TPSA) is 70.4 Å². The minimum atomic E-state index is 0. The Bertz CT molecular complexity index is 539. The summed E-state index contributed by atoms with van der Waals surface area (Å²) >= 11 is 0. The van der Waals surface area contributed by atoms with Crippen molar-refractivity contribution in [3.05, 3.63) is 12.2 Å². The monoisotopic (exact) mass is 461 g/mol. The zero-order valence-electron chi connectivity index (χ0n) is 15.4. The summed E-state index contributed by atoms with van der Waals surface area (Å²) in [6.45, 7) is 7.13. The maximum absolute atomic E-state index is 4.66. The fourth-order valence-electron chi connectivity index (χ4n) is 3.80. The van der Waals surface area contributed by atoms with E-state index >= 15 is 0 Å². The lowest BCUT2D eigenvalue weighted by molar-refractivity contribution is 0.275. The van der Waals surface area contributed by atoms with Crippen LogP contribution in [0.3, 0.4) is 0 Å². The van der Waals surface area contributed by atoms with E-state index in [0.29, 0.717) is 12.6 Å². The van der Waals surface area contributed by atoms with Crippen LogP contribution in [0, 0.1) is 5.92 Å². The van der Waals surface area contributed by atoms with E-state index in [1.165, 1.54) is 45.2 Å². The van der Waals surface area contributed by atoms with E-state index in [4.69, 9.17) is 0 Å². The highest BCUT2D eigenvalue weighted by molar-refractivity contribution is 14.0. The summed E-state index contributed by atoms with van der Waals surface area (Å²) in [7, 11) is 1.90. The van der Waals surface area contributed by atoms with Crippen LogP contribution in [0.25, 0.3) is 0 Å². The first-order valence-electron chi connectivity index (χ1n) is 9.34. The molecule has 2 aliphatic rings. The molecule has 1 saturated heterocycles. The van der Waals surface area contributed by atoms with Crippen molar-refractivity contribution >= 4 is 29.9 Å². The molecule has 1 atom stereocenters. The molecule has 0 aromatic carbocycles. The van der Waals surface area contributed by atoms with Gasteiger partial charge in [0.15, 0.2) is 5.96 Å². The normalized spacial score (nSPS) is 22.2. The van der Waals surface area contributed by atoms with Gasteiger partial charge >= 0.3 is 0 Å². The smallest absolute Gasteiger partial charge is 0.191 e. The lowest BCUT2D eigenvalue weighted by atomic mass is 10.1. The first-order valence-corrected chi connectivity index (χ1v) is 9.34. The van der Waals surface area contributed by atoms with Crippen LogP contribution in [0.1, 0.15) is 44.9 Å². The highest BCUT2D eigenvalue weighted by Crippen LogP contribution is 2.26. The molecular weight excluding hydrogens is 429 g/mol. The van der Waals surface area contributed by atoms with Crippen molar-refractivity contribution in [3.8, 4) is 0 Å². The number of aryl methyl sites for hydroxylation is 1. The van der Waals surface area contributed by atoms with E-state index in [-0.39, 0.29) is 24.0 Å². The number of guanidine groups is 1. The molecule has 2 heterocycles. The Morgan fingerprint density at radius 1 is 1.32 bits per heavy atom. The van der Waals surface area contributed by atoms with Crippen molar-refractivity contribution in [1.29, 1.82) is 0 Å². The minimum absolute atomic E-state index is 0. The molecule has 1 unspecified atom stereocenters. The summed E-state index contributed by atoms with van der Waals surface area (Å²) in [6, 6.07) is 0.490. The molecule has 7 nitrogen and oxygen atoms in total. The maximum Gasteiger partial charge on any atom is 0.191 e. The van der Waals surface area contributed by atoms with E-state index in [1.807, 2.05) is 7.05 Å². The van der Waals surface area contributed by atoms with E-state index in [2.05, 4.69) is 37.5 Å². The molecule has 1 aromatic heterocycles. The molecule has 0 amide bonds. The van der Waals surface area contributed by atoms with Gasteiger partial charge in [0, 0.05) is 39.3 Å². The van der Waals surface area contributed by atoms with Gasteiger partial charge in [-0.3, -0.25) is 4.68 Å². The fraction of sp³-hybridized carbons (Fsp3) is 0.824. The van der Waals surface area contributed by atoms with Crippen LogP contribution in [0.5, 0.6) is 0 Å². The van der Waals surface area contributed by atoms with Crippen LogP contribution in [-0.2, 0) is 13.6 Å². The number of aliphatic imine (C=N–C) groups is 1. The largest absolute Gasteiger partial charge is 0.357 e. The first kappa shape index (κ1) is 20.4. The molecule has 1 aromatic rings. The summed E-state index contributed by atoms with van der Waals surface area (Å²) in [6.07, 6.45) is 8.48. The average Bonchev–Trinajstić information content (AvgIpc) is 3.30. The molecule has 142 valence electrons. The van der Waals surface area contributed by atoms with Gasteiger partial charge < -0.3 is 15.5 Å². The van der Waals surface area contributed by atoms with Gasteiger partial charge in [-0.2, -0.15) is 5.10 Å². The number of rotatable bonds is 6. The van der Waals surface area contributed by atoms with Crippen LogP contribution in [0.15, 0.2) is 11.3 Å². The second-order valence-electron chi connectivity index (χ2n) is 7.04. The molecular formula is C17H32IN7. The van der Waals surface area contributed by atoms with Crippen LogP contribution >= 0.6 is 24.0 Å². The van der Waals surface area contributed by atoms with Crippen LogP contribution < -0.4 is 10.6 Å². The molecule has 0 spiro atoms. The van der Waals surface area contributed by atoms with Crippen molar-refractivity contribution in [2.75, 3.05) is 26.2 Å². The fourth-order valence-corrected chi connectivity index (χ4v) is 3.80. The van der Waals surface area contributed by atoms with Crippen molar-refractivity contribution in [3.63, 3.8) is 0 Å². The summed E-state index contributed by atoms with van der Waals surface area (Å²) in [5.74, 6) is 2.69. The van der Waals surface area contributed by atoms with Crippen molar-refractivity contribution in [2.45, 2.75) is 51.6 Å². The standard InChI is InChI=1S/C17H31N7.HI/c1-3-18-17(19-10-16-20-13-21-23(16)2)22-15-8-9-24(12-15)11-14-6-4-5-7-14;/h13-15H,3-12H2,1-2H3,(H2,18,19,22);1H. The van der Waals surface area contributed by atoms with Gasteiger partial charge in [-0.15, -0.1) is 24.0 Å². The summed E-state index contributed by atoms with van der Waals surface area (Å²) in [5, 5.41) is 11.0. The third-order valence-electron chi connectivity index (χ3n) is 5.13. The Balaban J connectivity index is 0.00000225. The lowest BCUT2D eigenvalue weighted by Crippen LogP contribution is -2.44. The molecule has 1 saturated carbocycles. The Morgan fingerprint density at radius 2 is 2.12 bits per heavy atom. The van der Waals surface area contributed by atoms with Gasteiger partial charge in [0.1, 0.15) is 18.7 Å². The second-order valence-corrected chi connectivity index (χ2v) is 7.04. The second kappa shape index (κ2) is 10.3. The Kier molecular flexibility index (Phi) is 8.41. The zero-order valence-corrected chi connectivity index (χ0v) is 17.8. The molecule has 2 N–H and O–H groups in total. The molecule has 1 aliphatic carbocycles. The van der Waals surface area contributed by atoms with Gasteiger partial charge in [0.25, 0.3) is 0 Å². The van der Waals surface area contributed by atoms with Gasteiger partial charge in [-0.1, -0.05) is 12.8 Å². The maximum atomic E-state index is 4.66. The predicted molar refractivity (Wildman–Crippen MR) is 111 cm³/mol. The number of hydrogen-bond acceptors (Lipinski definition) is 4. The highest BCUT2D eigenvalue weighted by atomic mass is 127. The third kappa shape index (κ3) is 6.09. The van der Waals surface area contributed by atoms with Crippen LogP contribution in [-0.4, -0.2) is 57.8 Å². The summed E-state index contributed by atoms with van der Waals surface area (Å²) in [4.78, 5) is 11.5. The summed E-state index contributed by atoms with van der Waals surface area (Å²) < 4.78 is 1.77. The predicted octanol–water partition coefficient (Wildman–Crippen LogP) is 1.75. The van der Waals surface area contributed by atoms with Crippen molar-refractivity contribution < 1.29 is 0 Å². The van der Waals surface area contributed by atoms with E-state index < -0.39 is 0 Å². The number of nitrogens with zero attached hydrogens (tertiary/aromatic N) is 5. The molecule has 0 bridgehead atoms. The third-order valence-corrected chi connectivity index (χ3v) is 5.13. The van der Waals surface area contributed by atoms with E-state index in [1.54, 1.807) is 11.0 Å². The number of hydrogen-bond donors (Lipinski definition) is 2. The van der Waals surface area contributed by atoms with Crippen LogP contribution in [0.4, 0.5) is 0 Å². The van der Waals surface area contributed by atoms with Gasteiger partial charge in [0.05, 0.1) is 0 Å². The molecule has 8 heteroatoms. The molecule has 0 radical (unpaired) electrons. The van der Waals surface area contributed by atoms with Gasteiger partial charge in [-0.25, -0.2) is 9.98 Å². The quantitative estimate of drug-likeness (QED) is 0.384. The number of nitrogens with one attached hydrogen (secondary N) is 2. The number of halogens is 1. The molecule has 1 aliphatic heterocycles. The zero-order chi connectivity index (χ0) is 16.8. The Labute approximate surface area is 168 Å². The molecule has 3 rings (SSSR count). The SMILES string of the molecule is CCNC(=NCc1ncnn1C)NC1CCN(CC2CCCC2)C1.I. The number of aromatic nitrogens is 3. The van der Waals surface area contributed by atoms with Crippen molar-refractivity contribution in [1.82, 2.24) is 30.3 Å². The van der Waals surface area contributed by atoms with E-state index in [0.717, 1.165) is 30.8 Å². The van der Waals surface area contributed by atoms with E-state index in [9.17, 15) is 0 Å². The van der Waals surface area contributed by atoms with Crippen molar-refractivity contribution in [2.24, 2.45) is 18.0 Å². The minimum Gasteiger partial charge on any atom is -0.357 e. The lowest BCUT2D eigenvalue weighted by Gasteiger charge is -2.21. The number of likely N-dealkylation sites (tertiary alicyclic amines) is 1. The summed E-state index contributed by atoms with van der Waals surface area (Å²) in [5.41, 5.74) is 0. The first-order chi connectivity index (χ1) is 11.7. The molecule has 25 heavy (non-hydrogen) atoms. The molecule has 2 fully saturated rings. The Hall–Kier alpha value is -0.900. The van der Waals surface area contributed by atoms with Crippen LogP contribution in [0.2, 0.25) is 0 Å². The van der Waals surface area contributed by atoms with Gasteiger partial charge in [0.2, 0.25) is 0 Å². The highest BCUT2D eigenvalue weighted by Gasteiger charge is 2.26. The average molecular weight is 461 g/mol. The Morgan fingerprint density at radius 3 is 2.80 bits per heavy atom.